The standard InChI is InChI=1S/C35H41N5O5S/c1-22-11-8-12-23(2)31(22)28-18-30-38-33(37-28)39-46(43,44)26-14-9-13-24(17-26)32(41)40(25(21-45-30)19-34(3,4)5)20-29-27(35(6,7)42)15-10-16-36-29/h8-18,25,42H,19-21H2,1-7H3,(H,37,38,39)/t25-/m1/s1. The Morgan fingerprint density at radius 2 is 1.67 bits per heavy atom. The first-order chi connectivity index (χ1) is 21.5. The maximum absolute atomic E-state index is 14.4. The normalized spacial score (nSPS) is 16.8. The Hall–Kier alpha value is -4.35. The number of hydrogen-bond donors (Lipinski definition) is 2. The quantitative estimate of drug-likeness (QED) is 0.270. The van der Waals surface area contributed by atoms with Gasteiger partial charge in [-0.05, 0) is 74.9 Å². The van der Waals surface area contributed by atoms with E-state index in [9.17, 15) is 18.3 Å². The van der Waals surface area contributed by atoms with Gasteiger partial charge in [-0.2, -0.15) is 4.98 Å². The molecule has 0 unspecified atom stereocenters. The van der Waals surface area contributed by atoms with Crippen LogP contribution in [0.25, 0.3) is 11.3 Å². The van der Waals surface area contributed by atoms with E-state index in [0.717, 1.165) is 16.7 Å². The molecule has 1 amide bonds. The van der Waals surface area contributed by atoms with Gasteiger partial charge in [0.15, 0.2) is 0 Å². The minimum atomic E-state index is -4.19. The van der Waals surface area contributed by atoms with Crippen LogP contribution < -0.4 is 9.46 Å². The van der Waals surface area contributed by atoms with Crippen LogP contribution in [0.5, 0.6) is 5.88 Å². The number of aromatic nitrogens is 3. The highest BCUT2D eigenvalue weighted by Gasteiger charge is 2.33. The van der Waals surface area contributed by atoms with E-state index in [1.165, 1.54) is 18.2 Å². The van der Waals surface area contributed by atoms with Crippen LogP contribution in [0.3, 0.4) is 0 Å². The molecule has 0 spiro atoms. The Kier molecular flexibility index (Phi) is 8.94. The largest absolute Gasteiger partial charge is 0.475 e. The van der Waals surface area contributed by atoms with Crippen molar-refractivity contribution in [3.8, 4) is 17.1 Å². The summed E-state index contributed by atoms with van der Waals surface area (Å²) in [5.41, 5.74) is 3.13. The SMILES string of the molecule is Cc1cccc(C)c1-c1cc2nc(n1)NS(=O)(=O)c1cccc(c1)C(=O)N(Cc1ncccc1C(C)(C)O)[C@H](CC(C)(C)C)CO2. The molecule has 0 saturated carbocycles. The number of nitrogens with one attached hydrogen (secondary N) is 1. The first-order valence-electron chi connectivity index (χ1n) is 15.2. The van der Waals surface area contributed by atoms with Crippen molar-refractivity contribution in [2.24, 2.45) is 5.41 Å². The molecule has 46 heavy (non-hydrogen) atoms. The van der Waals surface area contributed by atoms with E-state index >= 15 is 0 Å². The van der Waals surface area contributed by atoms with Gasteiger partial charge >= 0.3 is 0 Å². The van der Waals surface area contributed by atoms with E-state index in [2.05, 4.69) is 40.4 Å². The molecular weight excluding hydrogens is 602 g/mol. The predicted octanol–water partition coefficient (Wildman–Crippen LogP) is 6.02. The van der Waals surface area contributed by atoms with Crippen molar-refractivity contribution in [3.63, 3.8) is 0 Å². The lowest BCUT2D eigenvalue weighted by molar-refractivity contribution is 0.0485. The number of aliphatic hydroxyl groups is 1. The van der Waals surface area contributed by atoms with Crippen molar-refractivity contribution in [3.05, 3.63) is 94.8 Å². The zero-order chi connectivity index (χ0) is 33.4. The lowest BCUT2D eigenvalue weighted by Crippen LogP contribution is -2.45. The van der Waals surface area contributed by atoms with Crippen LogP contribution >= 0.6 is 0 Å². The molecule has 0 radical (unpaired) electrons. The molecule has 2 aromatic heterocycles. The van der Waals surface area contributed by atoms with Gasteiger partial charge in [0, 0.05) is 29.0 Å². The zero-order valence-corrected chi connectivity index (χ0v) is 28.1. The number of sulfonamides is 1. The van der Waals surface area contributed by atoms with Crippen LogP contribution in [0.4, 0.5) is 5.95 Å². The number of rotatable bonds is 5. The summed E-state index contributed by atoms with van der Waals surface area (Å²) < 4.78 is 36.1. The number of pyridine rings is 1. The Morgan fingerprint density at radius 3 is 2.35 bits per heavy atom. The maximum Gasteiger partial charge on any atom is 0.264 e. The fraction of sp³-hybridized carbons (Fsp3) is 0.371. The summed E-state index contributed by atoms with van der Waals surface area (Å²) in [6.07, 6.45) is 2.17. The molecule has 242 valence electrons. The number of aryl methyl sites for hydroxylation is 2. The van der Waals surface area contributed by atoms with Crippen molar-refractivity contribution >= 4 is 21.9 Å². The second-order valence-electron chi connectivity index (χ2n) is 13.5. The number of fused-ring (bicyclic) bond motifs is 4. The summed E-state index contributed by atoms with van der Waals surface area (Å²) in [6, 6.07) is 16.5. The van der Waals surface area contributed by atoms with E-state index < -0.39 is 27.6 Å². The third kappa shape index (κ3) is 7.37. The number of amides is 1. The molecule has 0 fully saturated rings. The topological polar surface area (TPSA) is 135 Å². The molecule has 1 atom stereocenters. The van der Waals surface area contributed by atoms with Gasteiger partial charge in [0.1, 0.15) is 6.61 Å². The summed E-state index contributed by atoms with van der Waals surface area (Å²) in [5, 5.41) is 11.0. The molecule has 10 nitrogen and oxygen atoms in total. The summed E-state index contributed by atoms with van der Waals surface area (Å²) in [4.78, 5) is 29.6. The van der Waals surface area contributed by atoms with Crippen LogP contribution in [0, 0.1) is 19.3 Å². The number of carbonyl (C=O) groups excluding carboxylic acids is 1. The summed E-state index contributed by atoms with van der Waals surface area (Å²) >= 11 is 0. The number of anilines is 1. The highest BCUT2D eigenvalue weighted by molar-refractivity contribution is 7.92. The Balaban J connectivity index is 1.70. The molecule has 1 aliphatic rings. The molecule has 2 N–H and O–H groups in total. The summed E-state index contributed by atoms with van der Waals surface area (Å²) in [6.45, 7) is 13.6. The molecule has 4 aromatic rings. The van der Waals surface area contributed by atoms with Crippen molar-refractivity contribution < 1.29 is 23.1 Å². The van der Waals surface area contributed by atoms with Crippen LogP contribution in [0.1, 0.15) is 73.8 Å². The highest BCUT2D eigenvalue weighted by Crippen LogP contribution is 2.32. The second kappa shape index (κ2) is 12.4. The highest BCUT2D eigenvalue weighted by atomic mass is 32.2. The number of nitrogens with zero attached hydrogens (tertiary/aromatic N) is 4. The van der Waals surface area contributed by atoms with Gasteiger partial charge in [-0.1, -0.05) is 51.1 Å². The van der Waals surface area contributed by atoms with E-state index in [1.54, 1.807) is 49.2 Å². The molecule has 2 aromatic carbocycles. The lowest BCUT2D eigenvalue weighted by Gasteiger charge is -2.36. The van der Waals surface area contributed by atoms with Crippen molar-refractivity contribution in [1.29, 1.82) is 0 Å². The Morgan fingerprint density at radius 1 is 0.978 bits per heavy atom. The molecule has 1 aliphatic heterocycles. The molecule has 4 bridgehead atoms. The van der Waals surface area contributed by atoms with Gasteiger partial charge in [0.2, 0.25) is 11.8 Å². The lowest BCUT2D eigenvalue weighted by atomic mass is 9.87. The average molecular weight is 644 g/mol. The number of benzene rings is 2. The van der Waals surface area contributed by atoms with Crippen molar-refractivity contribution in [1.82, 2.24) is 19.9 Å². The molecule has 0 saturated heterocycles. The first-order valence-corrected chi connectivity index (χ1v) is 16.7. The van der Waals surface area contributed by atoms with E-state index in [0.29, 0.717) is 23.4 Å². The molecule has 11 heteroatoms. The predicted molar refractivity (Wildman–Crippen MR) is 177 cm³/mol. The molecule has 0 aliphatic carbocycles. The zero-order valence-electron chi connectivity index (χ0n) is 27.3. The third-order valence-electron chi connectivity index (χ3n) is 7.90. The van der Waals surface area contributed by atoms with E-state index in [1.807, 2.05) is 32.0 Å². The minimum absolute atomic E-state index is 0.0566. The fourth-order valence-electron chi connectivity index (χ4n) is 5.83. The van der Waals surface area contributed by atoms with Crippen LogP contribution in [0.2, 0.25) is 0 Å². The molecular formula is C35H41N5O5S. The smallest absolute Gasteiger partial charge is 0.264 e. The fourth-order valence-corrected chi connectivity index (χ4v) is 6.82. The van der Waals surface area contributed by atoms with Crippen molar-refractivity contribution in [2.75, 3.05) is 11.3 Å². The Bertz CT molecular complexity index is 1860. The van der Waals surface area contributed by atoms with Gasteiger partial charge < -0.3 is 14.7 Å². The van der Waals surface area contributed by atoms with Crippen LogP contribution in [-0.4, -0.2) is 51.9 Å². The maximum atomic E-state index is 14.4. The number of hydrogen-bond acceptors (Lipinski definition) is 8. The number of carbonyl (C=O) groups is 1. The van der Waals surface area contributed by atoms with Gasteiger partial charge in [-0.3, -0.25) is 9.78 Å². The van der Waals surface area contributed by atoms with Gasteiger partial charge in [-0.15, -0.1) is 0 Å². The van der Waals surface area contributed by atoms with Gasteiger partial charge in [0.05, 0.1) is 34.5 Å². The molecule has 3 heterocycles. The second-order valence-corrected chi connectivity index (χ2v) is 15.2. The van der Waals surface area contributed by atoms with E-state index in [4.69, 9.17) is 4.74 Å². The van der Waals surface area contributed by atoms with Crippen LogP contribution in [-0.2, 0) is 22.2 Å². The van der Waals surface area contributed by atoms with Crippen LogP contribution in [0.15, 0.2) is 71.8 Å². The van der Waals surface area contributed by atoms with Gasteiger partial charge in [0.25, 0.3) is 15.9 Å². The monoisotopic (exact) mass is 643 g/mol. The third-order valence-corrected chi connectivity index (χ3v) is 9.23. The van der Waals surface area contributed by atoms with Gasteiger partial charge in [-0.25, -0.2) is 18.1 Å². The van der Waals surface area contributed by atoms with E-state index in [-0.39, 0.29) is 40.9 Å². The van der Waals surface area contributed by atoms with Crippen molar-refractivity contribution in [2.45, 2.75) is 78.0 Å². The minimum Gasteiger partial charge on any atom is -0.475 e. The first kappa shape index (κ1) is 33.0. The number of ether oxygens (including phenoxy) is 1. The summed E-state index contributed by atoms with van der Waals surface area (Å²) in [5.74, 6) is -0.369. The average Bonchev–Trinajstić information content (AvgIpc) is 2.96. The molecule has 5 rings (SSSR count). The Labute approximate surface area is 271 Å². The summed E-state index contributed by atoms with van der Waals surface area (Å²) in [7, 11) is -4.19.